The standard InChI is InChI=1S/C12H14BrN/c13-12-3-1-2-9(7-12)6-11(8-14)10-4-5-10/h1-3,6-7,10H,4-5,8,14H2/b11-6+. The first-order valence-corrected chi connectivity index (χ1v) is 5.75. The predicted octanol–water partition coefficient (Wildman–Crippen LogP) is 3.20. The second-order valence-electron chi connectivity index (χ2n) is 3.75. The van der Waals surface area contributed by atoms with Crippen LogP contribution in [-0.4, -0.2) is 6.54 Å². The van der Waals surface area contributed by atoms with E-state index in [2.05, 4.69) is 40.2 Å². The van der Waals surface area contributed by atoms with Crippen LogP contribution < -0.4 is 5.73 Å². The van der Waals surface area contributed by atoms with E-state index in [9.17, 15) is 0 Å². The number of halogens is 1. The zero-order valence-electron chi connectivity index (χ0n) is 8.04. The third-order valence-electron chi connectivity index (χ3n) is 2.54. The van der Waals surface area contributed by atoms with Gasteiger partial charge in [0.2, 0.25) is 0 Å². The number of rotatable bonds is 3. The van der Waals surface area contributed by atoms with Crippen molar-refractivity contribution in [3.63, 3.8) is 0 Å². The molecule has 1 aliphatic rings. The zero-order valence-corrected chi connectivity index (χ0v) is 9.63. The highest BCUT2D eigenvalue weighted by Crippen LogP contribution is 2.36. The first kappa shape index (κ1) is 9.94. The lowest BCUT2D eigenvalue weighted by atomic mass is 10.1. The van der Waals surface area contributed by atoms with Crippen LogP contribution in [0.1, 0.15) is 18.4 Å². The van der Waals surface area contributed by atoms with Gasteiger partial charge in [-0.2, -0.15) is 0 Å². The van der Waals surface area contributed by atoms with Crippen LogP contribution in [0, 0.1) is 5.92 Å². The molecule has 2 heteroatoms. The highest BCUT2D eigenvalue weighted by atomic mass is 79.9. The lowest BCUT2D eigenvalue weighted by Gasteiger charge is -2.02. The van der Waals surface area contributed by atoms with Gasteiger partial charge in [0.05, 0.1) is 0 Å². The van der Waals surface area contributed by atoms with Crippen molar-refractivity contribution in [2.45, 2.75) is 12.8 Å². The molecule has 0 atom stereocenters. The second-order valence-corrected chi connectivity index (χ2v) is 4.67. The number of hydrogen-bond donors (Lipinski definition) is 1. The molecule has 2 rings (SSSR count). The molecular weight excluding hydrogens is 238 g/mol. The average molecular weight is 252 g/mol. The lowest BCUT2D eigenvalue weighted by Crippen LogP contribution is -2.04. The summed E-state index contributed by atoms with van der Waals surface area (Å²) in [5, 5.41) is 0. The van der Waals surface area contributed by atoms with Gasteiger partial charge in [-0.25, -0.2) is 0 Å². The highest BCUT2D eigenvalue weighted by molar-refractivity contribution is 9.10. The van der Waals surface area contributed by atoms with E-state index in [1.165, 1.54) is 24.0 Å². The summed E-state index contributed by atoms with van der Waals surface area (Å²) >= 11 is 3.47. The maximum Gasteiger partial charge on any atom is 0.0181 e. The van der Waals surface area contributed by atoms with Crippen LogP contribution in [-0.2, 0) is 0 Å². The summed E-state index contributed by atoms with van der Waals surface area (Å²) in [6, 6.07) is 8.33. The van der Waals surface area contributed by atoms with E-state index in [4.69, 9.17) is 5.73 Å². The van der Waals surface area contributed by atoms with Crippen molar-refractivity contribution >= 4 is 22.0 Å². The molecule has 0 heterocycles. The molecule has 1 fully saturated rings. The summed E-state index contributed by atoms with van der Waals surface area (Å²) in [4.78, 5) is 0. The number of nitrogens with two attached hydrogens (primary N) is 1. The molecule has 0 spiro atoms. The summed E-state index contributed by atoms with van der Waals surface area (Å²) in [5.74, 6) is 0.763. The molecule has 14 heavy (non-hydrogen) atoms. The molecule has 1 aromatic carbocycles. The van der Waals surface area contributed by atoms with Crippen molar-refractivity contribution in [3.8, 4) is 0 Å². The van der Waals surface area contributed by atoms with Gasteiger partial charge in [-0.05, 0) is 36.5 Å². The maximum absolute atomic E-state index is 5.72. The Balaban J connectivity index is 2.21. The van der Waals surface area contributed by atoms with Crippen molar-refractivity contribution in [3.05, 3.63) is 39.9 Å². The summed E-state index contributed by atoms with van der Waals surface area (Å²) in [5.41, 5.74) is 8.35. The molecular formula is C12H14BrN. The SMILES string of the molecule is NC/C(=C\c1cccc(Br)c1)C1CC1. The Bertz CT molecular complexity index is 353. The average Bonchev–Trinajstić information content (AvgIpc) is 2.97. The van der Waals surface area contributed by atoms with Crippen LogP contribution >= 0.6 is 15.9 Å². The molecule has 0 saturated heterocycles. The van der Waals surface area contributed by atoms with Gasteiger partial charge in [-0.15, -0.1) is 0 Å². The van der Waals surface area contributed by atoms with Crippen LogP contribution in [0.15, 0.2) is 34.3 Å². The van der Waals surface area contributed by atoms with Crippen molar-refractivity contribution in [1.82, 2.24) is 0 Å². The minimum absolute atomic E-state index is 0.692. The lowest BCUT2D eigenvalue weighted by molar-refractivity contribution is 0.950. The molecule has 0 bridgehead atoms. The molecule has 0 radical (unpaired) electrons. The van der Waals surface area contributed by atoms with Crippen molar-refractivity contribution in [2.75, 3.05) is 6.54 Å². The predicted molar refractivity (Wildman–Crippen MR) is 63.9 cm³/mol. The fourth-order valence-corrected chi connectivity index (χ4v) is 2.02. The number of benzene rings is 1. The molecule has 1 aliphatic carbocycles. The molecule has 0 aromatic heterocycles. The van der Waals surface area contributed by atoms with Crippen molar-refractivity contribution in [2.24, 2.45) is 11.7 Å². The fourth-order valence-electron chi connectivity index (χ4n) is 1.61. The van der Waals surface area contributed by atoms with Gasteiger partial charge in [0.15, 0.2) is 0 Å². The highest BCUT2D eigenvalue weighted by Gasteiger charge is 2.24. The fraction of sp³-hybridized carbons (Fsp3) is 0.333. The number of hydrogen-bond acceptors (Lipinski definition) is 1. The zero-order chi connectivity index (χ0) is 9.97. The van der Waals surface area contributed by atoms with Gasteiger partial charge in [0, 0.05) is 11.0 Å². The Kier molecular flexibility index (Phi) is 3.04. The first-order valence-electron chi connectivity index (χ1n) is 4.95. The van der Waals surface area contributed by atoms with E-state index in [1.54, 1.807) is 0 Å². The van der Waals surface area contributed by atoms with Gasteiger partial charge in [0.1, 0.15) is 0 Å². The Labute approximate surface area is 93.1 Å². The minimum Gasteiger partial charge on any atom is -0.327 e. The van der Waals surface area contributed by atoms with Crippen molar-refractivity contribution in [1.29, 1.82) is 0 Å². The van der Waals surface area contributed by atoms with E-state index in [0.717, 1.165) is 10.4 Å². The third-order valence-corrected chi connectivity index (χ3v) is 3.03. The first-order chi connectivity index (χ1) is 6.79. The molecule has 0 unspecified atom stereocenters. The largest absolute Gasteiger partial charge is 0.327 e. The van der Waals surface area contributed by atoms with Crippen LogP contribution in [0.4, 0.5) is 0 Å². The molecule has 0 aliphatic heterocycles. The molecule has 2 N–H and O–H groups in total. The van der Waals surface area contributed by atoms with E-state index in [1.807, 2.05) is 6.07 Å². The summed E-state index contributed by atoms with van der Waals surface area (Å²) < 4.78 is 1.12. The van der Waals surface area contributed by atoms with E-state index in [-0.39, 0.29) is 0 Å². The van der Waals surface area contributed by atoms with Gasteiger partial charge in [0.25, 0.3) is 0 Å². The van der Waals surface area contributed by atoms with Crippen LogP contribution in [0.2, 0.25) is 0 Å². The van der Waals surface area contributed by atoms with Gasteiger partial charge < -0.3 is 5.73 Å². The molecule has 1 aromatic rings. The van der Waals surface area contributed by atoms with Crippen LogP contribution in [0.25, 0.3) is 6.08 Å². The van der Waals surface area contributed by atoms with E-state index in [0.29, 0.717) is 6.54 Å². The van der Waals surface area contributed by atoms with Crippen LogP contribution in [0.3, 0.4) is 0 Å². The quantitative estimate of drug-likeness (QED) is 0.878. The van der Waals surface area contributed by atoms with E-state index >= 15 is 0 Å². The molecule has 74 valence electrons. The summed E-state index contributed by atoms with van der Waals surface area (Å²) in [6.07, 6.45) is 4.86. The Morgan fingerprint density at radius 3 is 2.86 bits per heavy atom. The normalized spacial score (nSPS) is 17.1. The molecule has 1 saturated carbocycles. The monoisotopic (exact) mass is 251 g/mol. The summed E-state index contributed by atoms with van der Waals surface area (Å²) in [7, 11) is 0. The maximum atomic E-state index is 5.72. The van der Waals surface area contributed by atoms with Gasteiger partial charge in [-0.1, -0.05) is 39.7 Å². The minimum atomic E-state index is 0.692. The van der Waals surface area contributed by atoms with Gasteiger partial charge in [-0.3, -0.25) is 0 Å². The summed E-state index contributed by atoms with van der Waals surface area (Å²) in [6.45, 7) is 0.692. The van der Waals surface area contributed by atoms with Crippen LogP contribution in [0.5, 0.6) is 0 Å². The third kappa shape index (κ3) is 2.46. The van der Waals surface area contributed by atoms with Gasteiger partial charge >= 0.3 is 0 Å². The smallest absolute Gasteiger partial charge is 0.0181 e. The Morgan fingerprint density at radius 2 is 2.29 bits per heavy atom. The van der Waals surface area contributed by atoms with E-state index < -0.39 is 0 Å². The Hall–Kier alpha value is -0.600. The molecule has 0 amide bonds. The second kappa shape index (κ2) is 4.28. The molecule has 1 nitrogen and oxygen atoms in total. The van der Waals surface area contributed by atoms with Crippen molar-refractivity contribution < 1.29 is 0 Å². The Morgan fingerprint density at radius 1 is 1.50 bits per heavy atom. The topological polar surface area (TPSA) is 26.0 Å².